The van der Waals surface area contributed by atoms with Crippen LogP contribution in [0.15, 0.2) is 84.9 Å². The first kappa shape index (κ1) is 22.8. The summed E-state index contributed by atoms with van der Waals surface area (Å²) in [5.41, 5.74) is 4.07. The van der Waals surface area contributed by atoms with Crippen molar-refractivity contribution in [3.05, 3.63) is 90.5 Å². The van der Waals surface area contributed by atoms with E-state index in [4.69, 9.17) is 0 Å². The molecule has 0 bridgehead atoms. The zero-order valence-corrected chi connectivity index (χ0v) is 19.5. The van der Waals surface area contributed by atoms with Crippen molar-refractivity contribution >= 4 is 32.3 Å². The maximum Gasteiger partial charge on any atom is 3.00 e. The van der Waals surface area contributed by atoms with Crippen LogP contribution in [0.5, 0.6) is 0 Å². The molecule has 5 aromatic carbocycles. The van der Waals surface area contributed by atoms with Gasteiger partial charge in [-0.1, -0.05) is 67.1 Å². The van der Waals surface area contributed by atoms with E-state index in [2.05, 4.69) is 91.9 Å². The van der Waals surface area contributed by atoms with Gasteiger partial charge in [0.1, 0.15) is 0 Å². The molecule has 5 rings (SSSR count). The molecule has 1 radical (unpaired) electrons. The Morgan fingerprint density at radius 1 is 0.643 bits per heavy atom. The van der Waals surface area contributed by atoms with Gasteiger partial charge in [0, 0.05) is 0 Å². The van der Waals surface area contributed by atoms with Crippen molar-refractivity contribution in [1.82, 2.24) is 0 Å². The average Bonchev–Trinajstić information content (AvgIpc) is 3.11. The second-order valence-electron chi connectivity index (χ2n) is 6.72. The molecular formula is C25H19Cl2Zr. The van der Waals surface area contributed by atoms with E-state index in [-0.39, 0.29) is 51.0 Å². The van der Waals surface area contributed by atoms with E-state index in [1.165, 1.54) is 49.0 Å². The third-order valence-corrected chi connectivity index (χ3v) is 5.28. The Balaban J connectivity index is 0.000000934. The van der Waals surface area contributed by atoms with Gasteiger partial charge in [0.2, 0.25) is 0 Å². The minimum absolute atomic E-state index is 0. The number of rotatable bonds is 2. The number of halogens is 2. The summed E-state index contributed by atoms with van der Waals surface area (Å²) < 4.78 is 0. The molecule has 28 heavy (non-hydrogen) atoms. The summed E-state index contributed by atoms with van der Waals surface area (Å²) in [5, 5.41) is 7.98. The summed E-state index contributed by atoms with van der Waals surface area (Å²) in [7, 11) is 0. The van der Waals surface area contributed by atoms with Crippen LogP contribution in [0.1, 0.15) is 12.5 Å². The monoisotopic (exact) mass is 479 g/mol. The van der Waals surface area contributed by atoms with Crippen LogP contribution < -0.4 is 24.8 Å². The standard InChI is InChI=1S/C25H19.2ClH.Zr/c1-2-17-14-18-9-7-13-23(24(18)15-17)25-16-19-8-3-4-10-20(19)21-11-5-6-12-22(21)25;;;/h3-16H,2H2,1H3;2*1H;/q-1;;;+3/p-2. The van der Waals surface area contributed by atoms with E-state index >= 15 is 0 Å². The predicted molar refractivity (Wildman–Crippen MR) is 109 cm³/mol. The molecule has 0 unspecified atom stereocenters. The summed E-state index contributed by atoms with van der Waals surface area (Å²) in [6.07, 6.45) is 1.08. The molecule has 0 saturated heterocycles. The first-order valence-corrected chi connectivity index (χ1v) is 8.94. The summed E-state index contributed by atoms with van der Waals surface area (Å²) in [5.74, 6) is 0. The van der Waals surface area contributed by atoms with Crippen molar-refractivity contribution in [3.63, 3.8) is 0 Å². The van der Waals surface area contributed by atoms with Crippen LogP contribution in [0.25, 0.3) is 43.4 Å². The molecular weight excluding hydrogens is 462 g/mol. The summed E-state index contributed by atoms with van der Waals surface area (Å²) >= 11 is 0. The number of fused-ring (bicyclic) bond motifs is 4. The first-order chi connectivity index (χ1) is 12.3. The van der Waals surface area contributed by atoms with Crippen LogP contribution >= 0.6 is 0 Å². The Labute approximate surface area is 197 Å². The maximum absolute atomic E-state index is 2.36. The number of hydrogen-bond donors (Lipinski definition) is 0. The van der Waals surface area contributed by atoms with E-state index < -0.39 is 0 Å². The van der Waals surface area contributed by atoms with Crippen LogP contribution in [0.2, 0.25) is 0 Å². The fourth-order valence-corrected chi connectivity index (χ4v) is 4.01. The number of hydrogen-bond acceptors (Lipinski definition) is 0. The predicted octanol–water partition coefficient (Wildman–Crippen LogP) is 1.10. The van der Waals surface area contributed by atoms with Crippen molar-refractivity contribution in [3.8, 4) is 11.1 Å². The van der Waals surface area contributed by atoms with Crippen molar-refractivity contribution in [2.75, 3.05) is 0 Å². The molecule has 0 fully saturated rings. The molecule has 0 aromatic heterocycles. The molecule has 0 spiro atoms. The van der Waals surface area contributed by atoms with Gasteiger partial charge in [-0.3, -0.25) is 0 Å². The van der Waals surface area contributed by atoms with Crippen molar-refractivity contribution < 1.29 is 51.0 Å². The Morgan fingerprint density at radius 3 is 2.07 bits per heavy atom. The fourth-order valence-electron chi connectivity index (χ4n) is 4.01. The first-order valence-electron chi connectivity index (χ1n) is 8.94. The van der Waals surface area contributed by atoms with Gasteiger partial charge in [0.25, 0.3) is 0 Å². The van der Waals surface area contributed by atoms with Gasteiger partial charge >= 0.3 is 26.2 Å². The quantitative estimate of drug-likeness (QED) is 0.262. The minimum atomic E-state index is 0. The Kier molecular flexibility index (Phi) is 7.57. The smallest absolute Gasteiger partial charge is 1.00 e. The molecule has 137 valence electrons. The molecule has 0 heterocycles. The Hall–Kier alpha value is -1.53. The molecule has 0 atom stereocenters. The van der Waals surface area contributed by atoms with Crippen LogP contribution in [0.3, 0.4) is 0 Å². The zero-order chi connectivity index (χ0) is 16.8. The average molecular weight is 482 g/mol. The van der Waals surface area contributed by atoms with E-state index in [0.717, 1.165) is 6.42 Å². The third kappa shape index (κ3) is 3.69. The van der Waals surface area contributed by atoms with E-state index in [1.54, 1.807) is 0 Å². The number of benzene rings is 4. The largest absolute Gasteiger partial charge is 3.00 e. The van der Waals surface area contributed by atoms with Crippen molar-refractivity contribution in [1.29, 1.82) is 0 Å². The SMILES string of the molecule is CCc1cc2c(-c3cc4ccccc4c4ccccc34)cccc2[cH-]1.[Cl-].[Cl-].[Zr+3]. The Bertz CT molecular complexity index is 1240. The normalized spacial score (nSPS) is 10.3. The molecule has 0 amide bonds. The van der Waals surface area contributed by atoms with Gasteiger partial charge < -0.3 is 24.8 Å². The molecule has 0 aliphatic heterocycles. The van der Waals surface area contributed by atoms with Crippen LogP contribution in [-0.2, 0) is 32.6 Å². The van der Waals surface area contributed by atoms with Gasteiger partial charge in [0.15, 0.2) is 0 Å². The number of aryl methyl sites for hydroxylation is 1. The van der Waals surface area contributed by atoms with E-state index in [9.17, 15) is 0 Å². The Morgan fingerprint density at radius 2 is 1.32 bits per heavy atom. The third-order valence-electron chi connectivity index (χ3n) is 5.28. The van der Waals surface area contributed by atoms with Crippen molar-refractivity contribution in [2.45, 2.75) is 13.3 Å². The summed E-state index contributed by atoms with van der Waals surface area (Å²) in [6.45, 7) is 2.22. The molecule has 3 heteroatoms. The summed E-state index contributed by atoms with van der Waals surface area (Å²) in [4.78, 5) is 0. The molecule has 0 aliphatic rings. The van der Waals surface area contributed by atoms with E-state index in [0.29, 0.717) is 0 Å². The topological polar surface area (TPSA) is 0 Å². The van der Waals surface area contributed by atoms with Crippen LogP contribution in [0, 0.1) is 0 Å². The van der Waals surface area contributed by atoms with Crippen LogP contribution in [-0.4, -0.2) is 0 Å². The summed E-state index contributed by atoms with van der Waals surface area (Å²) in [6, 6.07) is 31.2. The van der Waals surface area contributed by atoms with Gasteiger partial charge in [-0.2, -0.15) is 6.07 Å². The van der Waals surface area contributed by atoms with E-state index in [1.807, 2.05) is 0 Å². The molecule has 0 saturated carbocycles. The molecule has 0 N–H and O–H groups in total. The van der Waals surface area contributed by atoms with Gasteiger partial charge in [0.05, 0.1) is 0 Å². The van der Waals surface area contributed by atoms with Crippen LogP contribution in [0.4, 0.5) is 0 Å². The molecule has 0 nitrogen and oxygen atoms in total. The maximum atomic E-state index is 2.36. The fraction of sp³-hybridized carbons (Fsp3) is 0.0800. The van der Waals surface area contributed by atoms with Gasteiger partial charge in [-0.05, 0) is 39.6 Å². The zero-order valence-electron chi connectivity index (χ0n) is 15.5. The van der Waals surface area contributed by atoms with Gasteiger partial charge in [-0.15, -0.1) is 34.5 Å². The molecule has 0 aliphatic carbocycles. The van der Waals surface area contributed by atoms with Crippen molar-refractivity contribution in [2.24, 2.45) is 0 Å². The minimum Gasteiger partial charge on any atom is -1.00 e. The second kappa shape index (κ2) is 9.31. The van der Waals surface area contributed by atoms with Gasteiger partial charge in [-0.25, -0.2) is 0 Å². The molecule has 5 aromatic rings. The second-order valence-corrected chi connectivity index (χ2v) is 6.72.